The van der Waals surface area contributed by atoms with Crippen LogP contribution >= 0.6 is 0 Å². The molecule has 34 heavy (non-hydrogen) atoms. The summed E-state index contributed by atoms with van der Waals surface area (Å²) in [6.07, 6.45) is -2.87. The number of aliphatic hydroxyl groups excluding tert-OH is 1. The van der Waals surface area contributed by atoms with Crippen LogP contribution in [0.5, 0.6) is 0 Å². The Morgan fingerprint density at radius 1 is 0.765 bits per heavy atom. The topological polar surface area (TPSA) is 245 Å². The fourth-order valence-electron chi connectivity index (χ4n) is 2.76. The maximum Gasteiger partial charge on any atom is 0.326 e. The summed E-state index contributed by atoms with van der Waals surface area (Å²) in [6.45, 7) is 4.73. The molecule has 0 saturated carbocycles. The van der Waals surface area contributed by atoms with Crippen LogP contribution in [-0.2, 0) is 28.8 Å². The number of aliphatic carboxylic acids is 3. The van der Waals surface area contributed by atoms with E-state index in [-0.39, 0.29) is 5.92 Å². The average molecular weight is 491 g/mol. The Labute approximate surface area is 196 Å². The molecule has 0 heterocycles. The minimum atomic E-state index is -1.60. The van der Waals surface area contributed by atoms with Crippen molar-refractivity contribution in [3.05, 3.63) is 0 Å². The Kier molecular flexibility index (Phi) is 13.4. The van der Waals surface area contributed by atoms with Crippen LogP contribution in [0.25, 0.3) is 0 Å². The number of rotatable bonds is 16. The molecule has 14 nitrogen and oxygen atoms in total. The van der Waals surface area contributed by atoms with Gasteiger partial charge in [0.05, 0.1) is 12.1 Å². The summed E-state index contributed by atoms with van der Waals surface area (Å²) in [7, 11) is 0. The zero-order valence-electron chi connectivity index (χ0n) is 19.3. The molecule has 194 valence electrons. The second-order valence-corrected chi connectivity index (χ2v) is 7.96. The zero-order valence-corrected chi connectivity index (χ0v) is 19.3. The van der Waals surface area contributed by atoms with Crippen molar-refractivity contribution < 1.29 is 49.2 Å². The van der Waals surface area contributed by atoms with E-state index in [2.05, 4.69) is 16.0 Å². The van der Waals surface area contributed by atoms with E-state index in [1.165, 1.54) is 6.92 Å². The molecule has 3 amide bonds. The van der Waals surface area contributed by atoms with Crippen molar-refractivity contribution in [3.63, 3.8) is 0 Å². The molecule has 0 spiro atoms. The number of nitrogens with one attached hydrogen (secondary N) is 3. The number of carbonyl (C=O) groups excluding carboxylic acids is 3. The van der Waals surface area contributed by atoms with Gasteiger partial charge in [-0.1, -0.05) is 20.3 Å². The lowest BCUT2D eigenvalue weighted by atomic mass is 9.98. The minimum Gasteiger partial charge on any atom is -0.481 e. The maximum absolute atomic E-state index is 12.7. The van der Waals surface area contributed by atoms with Crippen LogP contribution in [0.1, 0.15) is 52.9 Å². The summed E-state index contributed by atoms with van der Waals surface area (Å²) in [5.74, 6) is -7.16. The van der Waals surface area contributed by atoms with Gasteiger partial charge in [-0.25, -0.2) is 4.79 Å². The highest BCUT2D eigenvalue weighted by Crippen LogP contribution is 2.08. The molecule has 14 heteroatoms. The molecule has 0 aromatic heterocycles. The summed E-state index contributed by atoms with van der Waals surface area (Å²) in [5, 5.41) is 43.4. The molecule has 0 aromatic carbocycles. The molecular weight excluding hydrogens is 456 g/mol. The van der Waals surface area contributed by atoms with Crippen LogP contribution in [0, 0.1) is 5.92 Å². The number of hydrogen-bond acceptors (Lipinski definition) is 8. The molecule has 0 aliphatic heterocycles. The predicted molar refractivity (Wildman–Crippen MR) is 116 cm³/mol. The second kappa shape index (κ2) is 14.8. The van der Waals surface area contributed by atoms with E-state index in [9.17, 15) is 39.0 Å². The van der Waals surface area contributed by atoms with E-state index >= 15 is 0 Å². The van der Waals surface area contributed by atoms with Crippen molar-refractivity contribution in [2.24, 2.45) is 11.7 Å². The monoisotopic (exact) mass is 490 g/mol. The number of carboxylic acids is 3. The van der Waals surface area contributed by atoms with Crippen molar-refractivity contribution in [2.45, 2.75) is 83.1 Å². The van der Waals surface area contributed by atoms with Gasteiger partial charge in [0.2, 0.25) is 17.7 Å². The van der Waals surface area contributed by atoms with Crippen molar-refractivity contribution in [1.29, 1.82) is 0 Å². The molecule has 0 fully saturated rings. The van der Waals surface area contributed by atoms with Crippen molar-refractivity contribution in [2.75, 3.05) is 0 Å². The molecule has 0 aromatic rings. The lowest BCUT2D eigenvalue weighted by Gasteiger charge is -2.27. The Bertz CT molecular complexity index is 758. The molecule has 0 saturated heterocycles. The van der Waals surface area contributed by atoms with Crippen LogP contribution < -0.4 is 21.7 Å². The summed E-state index contributed by atoms with van der Waals surface area (Å²) < 4.78 is 0. The van der Waals surface area contributed by atoms with Crippen LogP contribution in [0.2, 0.25) is 0 Å². The summed E-state index contributed by atoms with van der Waals surface area (Å²) in [5.41, 5.74) is 5.83. The van der Waals surface area contributed by atoms with Crippen molar-refractivity contribution in [3.8, 4) is 0 Å². The van der Waals surface area contributed by atoms with Gasteiger partial charge in [0.1, 0.15) is 18.1 Å². The first-order chi connectivity index (χ1) is 15.7. The molecule has 0 bridgehead atoms. The molecule has 0 radical (unpaired) electrons. The van der Waals surface area contributed by atoms with Crippen LogP contribution in [0.15, 0.2) is 0 Å². The number of aliphatic hydroxyl groups is 1. The van der Waals surface area contributed by atoms with Gasteiger partial charge in [0, 0.05) is 12.8 Å². The summed E-state index contributed by atoms with van der Waals surface area (Å²) in [6, 6.07) is -5.66. The Morgan fingerprint density at radius 2 is 1.24 bits per heavy atom. The van der Waals surface area contributed by atoms with E-state index in [0.29, 0.717) is 6.42 Å². The standard InChI is InChI=1S/C20H34N4O10/c1-4-9(2)15(21)18(31)24-16(10(3)25)19(32)22-11(5-7-13(26)27)17(30)23-12(20(33)34)6-8-14(28)29/h9-12,15-16,25H,4-8,21H2,1-3H3,(H,22,32)(H,23,30)(H,24,31)(H,26,27)(H,28,29)(H,33,34). The van der Waals surface area contributed by atoms with E-state index in [4.69, 9.17) is 15.9 Å². The van der Waals surface area contributed by atoms with Crippen molar-refractivity contribution >= 4 is 35.6 Å². The lowest BCUT2D eigenvalue weighted by Crippen LogP contribution is -2.60. The zero-order chi connectivity index (χ0) is 26.6. The van der Waals surface area contributed by atoms with Crippen LogP contribution in [0.3, 0.4) is 0 Å². The smallest absolute Gasteiger partial charge is 0.326 e. The molecule has 6 atom stereocenters. The number of carbonyl (C=O) groups is 6. The van der Waals surface area contributed by atoms with E-state index in [1.54, 1.807) is 6.92 Å². The number of hydrogen-bond donors (Lipinski definition) is 8. The Balaban J connectivity index is 5.55. The number of nitrogens with two attached hydrogens (primary N) is 1. The molecule has 0 aliphatic carbocycles. The SMILES string of the molecule is CCC(C)C(N)C(=O)NC(C(=O)NC(CCC(=O)O)C(=O)NC(CCC(=O)O)C(=O)O)C(C)O. The van der Waals surface area contributed by atoms with E-state index in [0.717, 1.165) is 0 Å². The third-order valence-corrected chi connectivity index (χ3v) is 5.16. The largest absolute Gasteiger partial charge is 0.481 e. The normalized spacial score (nSPS) is 16.1. The Hall–Kier alpha value is -3.26. The van der Waals surface area contributed by atoms with Gasteiger partial charge in [-0.05, 0) is 25.7 Å². The quantitative estimate of drug-likeness (QED) is 0.118. The molecule has 0 rings (SSSR count). The Morgan fingerprint density at radius 3 is 1.65 bits per heavy atom. The lowest BCUT2D eigenvalue weighted by molar-refractivity contribution is -0.144. The first kappa shape index (κ1) is 30.7. The predicted octanol–water partition coefficient (Wildman–Crippen LogP) is -1.99. The van der Waals surface area contributed by atoms with Gasteiger partial charge in [-0.15, -0.1) is 0 Å². The number of carboxylic acid groups (broad SMARTS) is 3. The minimum absolute atomic E-state index is 0.231. The maximum atomic E-state index is 12.7. The van der Waals surface area contributed by atoms with E-state index < -0.39 is 91.6 Å². The highest BCUT2D eigenvalue weighted by Gasteiger charge is 2.33. The highest BCUT2D eigenvalue weighted by atomic mass is 16.4. The van der Waals surface area contributed by atoms with Gasteiger partial charge in [-0.2, -0.15) is 0 Å². The molecular formula is C20H34N4O10. The van der Waals surface area contributed by atoms with Gasteiger partial charge >= 0.3 is 17.9 Å². The fraction of sp³-hybridized carbons (Fsp3) is 0.700. The average Bonchev–Trinajstić information content (AvgIpc) is 2.75. The number of amides is 3. The van der Waals surface area contributed by atoms with Gasteiger partial charge < -0.3 is 42.1 Å². The summed E-state index contributed by atoms with van der Waals surface area (Å²) >= 11 is 0. The van der Waals surface area contributed by atoms with E-state index in [1.807, 2.05) is 6.92 Å². The third kappa shape index (κ3) is 11.0. The molecule has 9 N–H and O–H groups in total. The molecule has 0 aliphatic rings. The van der Waals surface area contributed by atoms with Gasteiger partial charge in [0.15, 0.2) is 0 Å². The van der Waals surface area contributed by atoms with Crippen molar-refractivity contribution in [1.82, 2.24) is 16.0 Å². The van der Waals surface area contributed by atoms with Gasteiger partial charge in [0.25, 0.3) is 0 Å². The summed E-state index contributed by atoms with van der Waals surface area (Å²) in [4.78, 5) is 70.7. The third-order valence-electron chi connectivity index (χ3n) is 5.16. The second-order valence-electron chi connectivity index (χ2n) is 7.96. The first-order valence-corrected chi connectivity index (χ1v) is 10.7. The molecule has 6 unspecified atom stereocenters. The van der Waals surface area contributed by atoms with Crippen LogP contribution in [0.4, 0.5) is 0 Å². The fourth-order valence-corrected chi connectivity index (χ4v) is 2.76. The highest BCUT2D eigenvalue weighted by molar-refractivity contribution is 5.94. The van der Waals surface area contributed by atoms with Crippen LogP contribution in [-0.4, -0.2) is 86.3 Å². The van der Waals surface area contributed by atoms with Gasteiger partial charge in [-0.3, -0.25) is 24.0 Å². The first-order valence-electron chi connectivity index (χ1n) is 10.7.